The lowest BCUT2D eigenvalue weighted by Gasteiger charge is -2.09. The fraction of sp³-hybridized carbons (Fsp3) is 0.462. The Morgan fingerprint density at radius 2 is 2.25 bits per heavy atom. The molecule has 3 heterocycles. The first kappa shape index (κ1) is 12.9. The van der Waals surface area contributed by atoms with Crippen LogP contribution in [0.25, 0.3) is 11.7 Å². The highest BCUT2D eigenvalue weighted by Gasteiger charge is 2.21. The Morgan fingerprint density at radius 3 is 3.05 bits per heavy atom. The predicted molar refractivity (Wildman–Crippen MR) is 69.7 cm³/mol. The lowest BCUT2D eigenvalue weighted by Crippen LogP contribution is -2.21. The third-order valence-corrected chi connectivity index (χ3v) is 3.37. The predicted octanol–water partition coefficient (Wildman–Crippen LogP) is 1.63. The largest absolute Gasteiger partial charge is 0.446 e. The number of hydrogen-bond acceptors (Lipinski definition) is 6. The minimum Gasteiger partial charge on any atom is -0.446 e. The summed E-state index contributed by atoms with van der Waals surface area (Å²) in [4.78, 5) is 15.3. The minimum atomic E-state index is -0.624. The number of furan rings is 1. The van der Waals surface area contributed by atoms with Crippen molar-refractivity contribution in [2.24, 2.45) is 5.73 Å². The zero-order valence-corrected chi connectivity index (χ0v) is 11.0. The number of carbonyl (C=O) groups is 1. The van der Waals surface area contributed by atoms with E-state index >= 15 is 0 Å². The molecule has 20 heavy (non-hydrogen) atoms. The summed E-state index contributed by atoms with van der Waals surface area (Å²) in [5, 5.41) is 7.38. The Morgan fingerprint density at radius 1 is 1.35 bits per heavy atom. The number of nitrogens with one attached hydrogen (secondary N) is 1. The Bertz CT molecular complexity index is 596. The summed E-state index contributed by atoms with van der Waals surface area (Å²) >= 11 is 0. The molecule has 0 aromatic carbocycles. The van der Waals surface area contributed by atoms with Gasteiger partial charge in [-0.2, -0.15) is 4.98 Å². The highest BCUT2D eigenvalue weighted by Crippen LogP contribution is 2.25. The summed E-state index contributed by atoms with van der Waals surface area (Å²) in [7, 11) is 0. The number of rotatable bonds is 3. The molecule has 7 heteroatoms. The molecule has 1 aliphatic rings. The van der Waals surface area contributed by atoms with Crippen molar-refractivity contribution in [1.29, 1.82) is 0 Å². The van der Waals surface area contributed by atoms with E-state index in [0.717, 1.165) is 19.4 Å². The van der Waals surface area contributed by atoms with Crippen LogP contribution in [0, 0.1) is 0 Å². The van der Waals surface area contributed by atoms with Gasteiger partial charge in [0.05, 0.1) is 6.04 Å². The Balaban J connectivity index is 1.79. The van der Waals surface area contributed by atoms with Crippen molar-refractivity contribution >= 4 is 5.91 Å². The normalized spacial score (nSPS) is 19.7. The van der Waals surface area contributed by atoms with Gasteiger partial charge < -0.3 is 20.0 Å². The first-order valence-corrected chi connectivity index (χ1v) is 6.71. The molecule has 0 saturated carbocycles. The third-order valence-electron chi connectivity index (χ3n) is 3.37. The lowest BCUT2D eigenvalue weighted by molar-refractivity contribution is 0.0974. The maximum Gasteiger partial charge on any atom is 0.293 e. The van der Waals surface area contributed by atoms with E-state index in [-0.39, 0.29) is 17.7 Å². The van der Waals surface area contributed by atoms with Crippen molar-refractivity contribution in [2.75, 3.05) is 6.54 Å². The molecule has 0 aliphatic carbocycles. The van der Waals surface area contributed by atoms with Gasteiger partial charge in [-0.1, -0.05) is 18.0 Å². The molecule has 3 N–H and O–H groups in total. The van der Waals surface area contributed by atoms with Crippen molar-refractivity contribution < 1.29 is 13.7 Å². The Hall–Kier alpha value is -2.15. The van der Waals surface area contributed by atoms with Crippen LogP contribution in [0.4, 0.5) is 0 Å². The van der Waals surface area contributed by atoms with Gasteiger partial charge in [0.25, 0.3) is 11.8 Å². The second kappa shape index (κ2) is 5.46. The number of primary amides is 1. The molecule has 1 saturated heterocycles. The molecule has 106 valence electrons. The molecule has 1 fully saturated rings. The van der Waals surface area contributed by atoms with Crippen molar-refractivity contribution in [2.45, 2.75) is 31.7 Å². The number of hydrogen-bond donors (Lipinski definition) is 2. The van der Waals surface area contributed by atoms with Gasteiger partial charge in [0, 0.05) is 0 Å². The molecule has 1 unspecified atom stereocenters. The summed E-state index contributed by atoms with van der Waals surface area (Å²) in [5.41, 5.74) is 5.14. The average molecular weight is 276 g/mol. The van der Waals surface area contributed by atoms with Crippen LogP contribution in [-0.4, -0.2) is 22.6 Å². The van der Waals surface area contributed by atoms with E-state index in [9.17, 15) is 4.79 Å². The number of nitrogens with two attached hydrogens (primary N) is 1. The molecule has 1 atom stereocenters. The van der Waals surface area contributed by atoms with Gasteiger partial charge in [-0.3, -0.25) is 4.79 Å². The molecular formula is C13H16N4O3. The van der Waals surface area contributed by atoms with Gasteiger partial charge in [-0.15, -0.1) is 0 Å². The molecular weight excluding hydrogens is 260 g/mol. The molecule has 7 nitrogen and oxygen atoms in total. The molecule has 2 aromatic rings. The summed E-state index contributed by atoms with van der Waals surface area (Å²) in [5.74, 6) is 0.692. The maximum atomic E-state index is 11.0. The quantitative estimate of drug-likeness (QED) is 0.882. The summed E-state index contributed by atoms with van der Waals surface area (Å²) in [6.45, 7) is 0.959. The highest BCUT2D eigenvalue weighted by molar-refractivity contribution is 5.90. The average Bonchev–Trinajstić information content (AvgIpc) is 3.02. The zero-order chi connectivity index (χ0) is 13.9. The molecule has 0 bridgehead atoms. The first-order valence-electron chi connectivity index (χ1n) is 6.71. The van der Waals surface area contributed by atoms with Crippen LogP contribution in [0.2, 0.25) is 0 Å². The molecule has 0 radical (unpaired) electrons. The first-order chi connectivity index (χ1) is 9.74. The molecule has 2 aromatic heterocycles. The van der Waals surface area contributed by atoms with Crippen LogP contribution in [-0.2, 0) is 0 Å². The van der Waals surface area contributed by atoms with Gasteiger partial charge in [-0.25, -0.2) is 0 Å². The smallest absolute Gasteiger partial charge is 0.293 e. The van der Waals surface area contributed by atoms with Crippen LogP contribution in [0.15, 0.2) is 21.1 Å². The summed E-state index contributed by atoms with van der Waals surface area (Å²) < 4.78 is 10.5. The van der Waals surface area contributed by atoms with Crippen molar-refractivity contribution in [1.82, 2.24) is 15.5 Å². The van der Waals surface area contributed by atoms with Gasteiger partial charge >= 0.3 is 0 Å². The summed E-state index contributed by atoms with van der Waals surface area (Å²) in [6, 6.07) is 3.20. The number of amides is 1. The fourth-order valence-corrected chi connectivity index (χ4v) is 2.31. The van der Waals surface area contributed by atoms with Crippen molar-refractivity contribution in [3.05, 3.63) is 23.7 Å². The second-order valence-electron chi connectivity index (χ2n) is 4.84. The fourth-order valence-electron chi connectivity index (χ4n) is 2.31. The number of nitrogens with zero attached hydrogens (tertiary/aromatic N) is 2. The molecule has 1 aliphatic heterocycles. The van der Waals surface area contributed by atoms with Gasteiger partial charge in [-0.05, 0) is 31.5 Å². The van der Waals surface area contributed by atoms with Crippen LogP contribution < -0.4 is 11.1 Å². The van der Waals surface area contributed by atoms with Crippen molar-refractivity contribution in [3.63, 3.8) is 0 Å². The van der Waals surface area contributed by atoms with E-state index in [1.807, 2.05) is 0 Å². The maximum absolute atomic E-state index is 11.0. The third kappa shape index (κ3) is 2.57. The van der Waals surface area contributed by atoms with Gasteiger partial charge in [0.2, 0.25) is 0 Å². The van der Waals surface area contributed by atoms with Crippen LogP contribution in [0.5, 0.6) is 0 Å². The van der Waals surface area contributed by atoms with E-state index in [2.05, 4.69) is 15.5 Å². The van der Waals surface area contributed by atoms with Crippen LogP contribution in [0.3, 0.4) is 0 Å². The van der Waals surface area contributed by atoms with E-state index in [1.54, 1.807) is 6.07 Å². The van der Waals surface area contributed by atoms with E-state index in [4.69, 9.17) is 14.7 Å². The highest BCUT2D eigenvalue weighted by atomic mass is 16.5. The monoisotopic (exact) mass is 276 g/mol. The standard InChI is InChI=1S/C13H16N4O3/c14-11(18)9-5-6-10(19-9)13-16-12(17-20-13)8-4-2-1-3-7-15-8/h5-6,8,15H,1-4,7H2,(H2,14,18). The Labute approximate surface area is 115 Å². The topological polar surface area (TPSA) is 107 Å². The van der Waals surface area contributed by atoms with Crippen LogP contribution in [0.1, 0.15) is 48.1 Å². The second-order valence-corrected chi connectivity index (χ2v) is 4.84. The van der Waals surface area contributed by atoms with E-state index in [0.29, 0.717) is 11.6 Å². The molecule has 3 rings (SSSR count). The van der Waals surface area contributed by atoms with Crippen molar-refractivity contribution in [3.8, 4) is 11.7 Å². The van der Waals surface area contributed by atoms with Gasteiger partial charge in [0.1, 0.15) is 0 Å². The molecule has 1 amide bonds. The van der Waals surface area contributed by atoms with Gasteiger partial charge in [0.15, 0.2) is 17.3 Å². The minimum absolute atomic E-state index is 0.0762. The van der Waals surface area contributed by atoms with Crippen LogP contribution >= 0.6 is 0 Å². The van der Waals surface area contributed by atoms with E-state index < -0.39 is 5.91 Å². The molecule has 0 spiro atoms. The number of aromatic nitrogens is 2. The zero-order valence-electron chi connectivity index (χ0n) is 11.0. The lowest BCUT2D eigenvalue weighted by atomic mass is 10.1. The Kier molecular flexibility index (Phi) is 3.51. The van der Waals surface area contributed by atoms with E-state index in [1.165, 1.54) is 18.9 Å². The SMILES string of the molecule is NC(=O)c1ccc(-c2nc(C3CCCCCN3)no2)o1. The summed E-state index contributed by atoms with van der Waals surface area (Å²) in [6.07, 6.45) is 4.52. The number of carbonyl (C=O) groups excluding carboxylic acids is 1.